The highest BCUT2D eigenvalue weighted by Crippen LogP contribution is 2.77. The summed E-state index contributed by atoms with van der Waals surface area (Å²) in [6.07, 6.45) is -3.04. The van der Waals surface area contributed by atoms with E-state index in [1.807, 2.05) is 0 Å². The third-order valence-corrected chi connectivity index (χ3v) is 6.13. The molecular formula is C17H19F3N4O2. The summed E-state index contributed by atoms with van der Waals surface area (Å²) in [5.74, 6) is -1.36. The number of nitrogens with zero attached hydrogens (tertiary/aromatic N) is 4. The summed E-state index contributed by atoms with van der Waals surface area (Å²) in [4.78, 5) is 18.0. The number of carbonyl (C=O) groups is 1. The van der Waals surface area contributed by atoms with Crippen LogP contribution in [0, 0.1) is 17.8 Å². The fourth-order valence-electron chi connectivity index (χ4n) is 4.88. The van der Waals surface area contributed by atoms with Crippen molar-refractivity contribution in [3.05, 3.63) is 18.0 Å². The average molecular weight is 368 g/mol. The van der Waals surface area contributed by atoms with Crippen LogP contribution in [0.15, 0.2) is 12.3 Å². The van der Waals surface area contributed by atoms with Gasteiger partial charge in [-0.2, -0.15) is 18.3 Å². The zero-order valence-electron chi connectivity index (χ0n) is 14.6. The Morgan fingerprint density at radius 3 is 2.73 bits per heavy atom. The lowest BCUT2D eigenvalue weighted by atomic mass is 9.88. The lowest BCUT2D eigenvalue weighted by Gasteiger charge is -2.32. The number of fused-ring (bicyclic) bond motifs is 2. The number of hydrogen-bond acceptors (Lipinski definition) is 4. The van der Waals surface area contributed by atoms with Gasteiger partial charge in [0.1, 0.15) is 10.8 Å². The number of carboxylic acid groups (broad SMARTS) is 1. The molecule has 2 fully saturated rings. The monoisotopic (exact) mass is 368 g/mol. The van der Waals surface area contributed by atoms with E-state index in [2.05, 4.69) is 10.1 Å². The average Bonchev–Trinajstić information content (AvgIpc) is 2.98. The summed E-state index contributed by atoms with van der Waals surface area (Å²) in [5.41, 5.74) is -2.19. The van der Waals surface area contributed by atoms with Crippen LogP contribution < -0.4 is 4.90 Å². The number of carboxylic acids is 1. The normalized spacial score (nSPS) is 30.7. The molecule has 1 aliphatic carbocycles. The van der Waals surface area contributed by atoms with Gasteiger partial charge in [0.05, 0.1) is 17.3 Å². The Hall–Kier alpha value is -2.32. The fourth-order valence-corrected chi connectivity index (χ4v) is 4.88. The van der Waals surface area contributed by atoms with E-state index < -0.39 is 29.0 Å². The van der Waals surface area contributed by atoms with Gasteiger partial charge < -0.3 is 10.0 Å². The summed E-state index contributed by atoms with van der Waals surface area (Å²) < 4.78 is 43.2. The van der Waals surface area contributed by atoms with E-state index in [0.717, 1.165) is 0 Å². The van der Waals surface area contributed by atoms with Crippen LogP contribution in [0.2, 0.25) is 0 Å². The van der Waals surface area contributed by atoms with Crippen molar-refractivity contribution in [1.82, 2.24) is 14.8 Å². The summed E-state index contributed by atoms with van der Waals surface area (Å²) in [6, 6.07) is 0.990. The van der Waals surface area contributed by atoms with Crippen LogP contribution in [-0.2, 0) is 11.8 Å². The maximum absolute atomic E-state index is 13.9. The number of hydrogen-bond donors (Lipinski definition) is 1. The molecule has 3 unspecified atom stereocenters. The van der Waals surface area contributed by atoms with Crippen molar-refractivity contribution >= 4 is 22.7 Å². The topological polar surface area (TPSA) is 71.2 Å². The molecule has 2 aromatic rings. The zero-order chi connectivity index (χ0) is 19.1. The van der Waals surface area contributed by atoms with E-state index in [-0.39, 0.29) is 13.0 Å². The lowest BCUT2D eigenvalue weighted by Crippen LogP contribution is -2.40. The molecule has 9 heteroatoms. The molecule has 26 heavy (non-hydrogen) atoms. The van der Waals surface area contributed by atoms with Gasteiger partial charge in [-0.05, 0) is 25.8 Å². The van der Waals surface area contributed by atoms with Gasteiger partial charge >= 0.3 is 12.1 Å². The SMILES string of the molecule is CCC1N(c2cc(C)nc3c2cnn3C)CC2(C(F)(F)F)CC12C(=O)O. The Balaban J connectivity index is 1.91. The zero-order valence-corrected chi connectivity index (χ0v) is 14.6. The van der Waals surface area contributed by atoms with E-state index in [1.54, 1.807) is 42.7 Å². The quantitative estimate of drug-likeness (QED) is 0.902. The molecule has 1 N–H and O–H groups in total. The Morgan fingerprint density at radius 1 is 1.46 bits per heavy atom. The van der Waals surface area contributed by atoms with Crippen LogP contribution in [0.3, 0.4) is 0 Å². The highest BCUT2D eigenvalue weighted by Gasteiger charge is 2.89. The molecule has 6 nitrogen and oxygen atoms in total. The molecule has 140 valence electrons. The summed E-state index contributed by atoms with van der Waals surface area (Å²) >= 11 is 0. The third kappa shape index (κ3) is 1.80. The maximum atomic E-state index is 13.9. The number of aryl methyl sites for hydroxylation is 2. The predicted octanol–water partition coefficient (Wildman–Crippen LogP) is 2.90. The summed E-state index contributed by atoms with van der Waals surface area (Å²) in [6.45, 7) is 3.15. The number of aromatic nitrogens is 3. The van der Waals surface area contributed by atoms with E-state index in [1.165, 1.54) is 0 Å². The molecule has 0 aromatic carbocycles. The van der Waals surface area contributed by atoms with E-state index in [4.69, 9.17) is 0 Å². The minimum Gasteiger partial charge on any atom is -0.481 e. The largest absolute Gasteiger partial charge is 0.481 e. The second kappa shape index (κ2) is 4.89. The number of aliphatic carboxylic acids is 1. The van der Waals surface area contributed by atoms with Crippen molar-refractivity contribution in [2.75, 3.05) is 11.4 Å². The lowest BCUT2D eigenvalue weighted by molar-refractivity contribution is -0.195. The Labute approximate surface area is 147 Å². The molecule has 0 amide bonds. The molecule has 2 aromatic heterocycles. The van der Waals surface area contributed by atoms with Gasteiger partial charge in [0, 0.05) is 25.3 Å². The molecular weight excluding hydrogens is 349 g/mol. The molecule has 2 aliphatic rings. The predicted molar refractivity (Wildman–Crippen MR) is 87.8 cm³/mol. The van der Waals surface area contributed by atoms with Crippen LogP contribution in [0.25, 0.3) is 11.0 Å². The molecule has 4 rings (SSSR count). The minimum atomic E-state index is -4.57. The van der Waals surface area contributed by atoms with Gasteiger partial charge in [-0.15, -0.1) is 0 Å². The Morgan fingerprint density at radius 2 is 2.15 bits per heavy atom. The highest BCUT2D eigenvalue weighted by molar-refractivity contribution is 5.92. The molecule has 0 spiro atoms. The summed E-state index contributed by atoms with van der Waals surface area (Å²) in [5, 5.41) is 14.5. The van der Waals surface area contributed by atoms with Crippen molar-refractivity contribution in [3.63, 3.8) is 0 Å². The van der Waals surface area contributed by atoms with Crippen molar-refractivity contribution in [2.45, 2.75) is 38.9 Å². The van der Waals surface area contributed by atoms with E-state index in [0.29, 0.717) is 28.8 Å². The van der Waals surface area contributed by atoms with Crippen LogP contribution in [0.5, 0.6) is 0 Å². The number of anilines is 1. The van der Waals surface area contributed by atoms with Crippen molar-refractivity contribution in [3.8, 4) is 0 Å². The van der Waals surface area contributed by atoms with Gasteiger partial charge in [-0.25, -0.2) is 4.98 Å². The first-order valence-electron chi connectivity index (χ1n) is 8.45. The summed E-state index contributed by atoms with van der Waals surface area (Å²) in [7, 11) is 1.72. The number of pyridine rings is 1. The van der Waals surface area contributed by atoms with Gasteiger partial charge in [0.2, 0.25) is 0 Å². The van der Waals surface area contributed by atoms with Crippen LogP contribution in [0.4, 0.5) is 18.9 Å². The first-order valence-corrected chi connectivity index (χ1v) is 8.45. The molecule has 3 atom stereocenters. The van der Waals surface area contributed by atoms with E-state index >= 15 is 0 Å². The number of halogens is 3. The van der Waals surface area contributed by atoms with Gasteiger partial charge in [-0.3, -0.25) is 9.48 Å². The number of alkyl halides is 3. The van der Waals surface area contributed by atoms with Crippen LogP contribution in [0.1, 0.15) is 25.5 Å². The van der Waals surface area contributed by atoms with Crippen molar-refractivity contribution < 1.29 is 23.1 Å². The molecule has 0 bridgehead atoms. The standard InChI is InChI=1S/C17H19F3N4O2/c1-4-12-16(14(25)26)7-15(16,17(18,19)20)8-24(12)11-5-9(2)22-13-10(11)6-21-23(13)3/h5-6,12H,4,7-8H2,1-3H3,(H,25,26). The fraction of sp³-hybridized carbons (Fsp3) is 0.588. The molecule has 1 saturated heterocycles. The second-order valence-corrected chi connectivity index (χ2v) is 7.37. The maximum Gasteiger partial charge on any atom is 0.397 e. The molecule has 0 radical (unpaired) electrons. The molecule has 3 heterocycles. The van der Waals surface area contributed by atoms with Crippen LogP contribution in [-0.4, -0.2) is 44.6 Å². The molecule has 1 aliphatic heterocycles. The van der Waals surface area contributed by atoms with Gasteiger partial charge in [0.25, 0.3) is 0 Å². The van der Waals surface area contributed by atoms with Crippen molar-refractivity contribution in [2.24, 2.45) is 17.9 Å². The van der Waals surface area contributed by atoms with Gasteiger partial charge in [0.15, 0.2) is 5.65 Å². The molecule has 1 saturated carbocycles. The first kappa shape index (κ1) is 17.1. The first-order chi connectivity index (χ1) is 12.1. The van der Waals surface area contributed by atoms with E-state index in [9.17, 15) is 23.1 Å². The third-order valence-electron chi connectivity index (χ3n) is 6.13. The number of piperidine rings is 1. The Kier molecular flexibility index (Phi) is 3.22. The number of rotatable bonds is 3. The Bertz CT molecular complexity index is 925. The van der Waals surface area contributed by atoms with Crippen molar-refractivity contribution in [1.29, 1.82) is 0 Å². The smallest absolute Gasteiger partial charge is 0.397 e. The van der Waals surface area contributed by atoms with Crippen LogP contribution >= 0.6 is 0 Å². The second-order valence-electron chi connectivity index (χ2n) is 7.37. The highest BCUT2D eigenvalue weighted by atomic mass is 19.4. The van der Waals surface area contributed by atoms with Gasteiger partial charge in [-0.1, -0.05) is 6.92 Å². The minimum absolute atomic E-state index is 0.313.